The number of hydrogen-bond donors (Lipinski definition) is 3. The minimum Gasteiger partial charge on any atom is -0.393 e. The molecule has 5 nitrogen and oxygen atoms in total. The molecule has 0 aromatic rings. The van der Waals surface area contributed by atoms with E-state index in [0.717, 1.165) is 25.7 Å². The molecule has 1 aliphatic carbocycles. The van der Waals surface area contributed by atoms with Crippen molar-refractivity contribution >= 4 is 11.8 Å². The molecule has 0 aromatic carbocycles. The molecule has 3 unspecified atom stereocenters. The Kier molecular flexibility index (Phi) is 6.99. The Bertz CT molecular complexity index is 325. The van der Waals surface area contributed by atoms with Gasteiger partial charge >= 0.3 is 0 Å². The number of aliphatic hydroxyl groups is 1. The van der Waals surface area contributed by atoms with Gasteiger partial charge < -0.3 is 15.7 Å². The molecule has 0 aliphatic heterocycles. The lowest BCUT2D eigenvalue weighted by Crippen LogP contribution is -2.50. The van der Waals surface area contributed by atoms with Gasteiger partial charge in [-0.3, -0.25) is 9.59 Å². The molecule has 0 radical (unpaired) electrons. The van der Waals surface area contributed by atoms with E-state index in [-0.39, 0.29) is 29.8 Å². The minimum atomic E-state index is -0.409. The zero-order chi connectivity index (χ0) is 15.1. The van der Waals surface area contributed by atoms with Crippen LogP contribution in [0.25, 0.3) is 0 Å². The van der Waals surface area contributed by atoms with Gasteiger partial charge in [-0.2, -0.15) is 0 Å². The van der Waals surface area contributed by atoms with Crippen molar-refractivity contribution in [2.24, 2.45) is 11.8 Å². The number of aliphatic hydroxyl groups excluding tert-OH is 1. The largest absolute Gasteiger partial charge is 0.393 e. The second kappa shape index (κ2) is 8.25. The van der Waals surface area contributed by atoms with Crippen molar-refractivity contribution in [3.63, 3.8) is 0 Å². The second-order valence-electron chi connectivity index (χ2n) is 6.16. The predicted octanol–water partition coefficient (Wildman–Crippen LogP) is 1.20. The molecule has 0 heterocycles. The van der Waals surface area contributed by atoms with Crippen LogP contribution >= 0.6 is 0 Å². The fourth-order valence-corrected chi connectivity index (χ4v) is 2.96. The van der Waals surface area contributed by atoms with E-state index in [1.807, 2.05) is 6.92 Å². The van der Waals surface area contributed by atoms with Crippen molar-refractivity contribution in [2.45, 2.75) is 65.0 Å². The fourth-order valence-electron chi connectivity index (χ4n) is 2.96. The van der Waals surface area contributed by atoms with Crippen LogP contribution in [0.2, 0.25) is 0 Å². The highest BCUT2D eigenvalue weighted by atomic mass is 16.3. The van der Waals surface area contributed by atoms with Gasteiger partial charge in [0, 0.05) is 13.5 Å². The summed E-state index contributed by atoms with van der Waals surface area (Å²) in [7, 11) is 0. The molecule has 0 aromatic heterocycles. The summed E-state index contributed by atoms with van der Waals surface area (Å²) in [4.78, 5) is 23.5. The number of carbonyl (C=O) groups is 2. The first-order chi connectivity index (χ1) is 9.40. The highest BCUT2D eigenvalue weighted by Crippen LogP contribution is 2.27. The van der Waals surface area contributed by atoms with Gasteiger partial charge in [0.2, 0.25) is 11.8 Å². The standard InChI is InChI=1S/C15H28N2O3/c1-10(8-11(2)18)9-16-15(20)14(17-12(3)19)13-6-4-5-7-13/h10-11,13-14,18H,4-9H2,1-3H3,(H,16,20)(H,17,19). The first kappa shape index (κ1) is 17.0. The highest BCUT2D eigenvalue weighted by Gasteiger charge is 2.31. The number of nitrogens with one attached hydrogen (secondary N) is 2. The van der Waals surface area contributed by atoms with Gasteiger partial charge in [0.1, 0.15) is 6.04 Å². The second-order valence-corrected chi connectivity index (χ2v) is 6.16. The molecule has 1 aliphatic rings. The Morgan fingerprint density at radius 2 is 1.85 bits per heavy atom. The normalized spacial score (nSPS) is 20.2. The van der Waals surface area contributed by atoms with E-state index in [1.54, 1.807) is 6.92 Å². The van der Waals surface area contributed by atoms with Gasteiger partial charge in [0.25, 0.3) is 0 Å². The summed E-state index contributed by atoms with van der Waals surface area (Å²) < 4.78 is 0. The van der Waals surface area contributed by atoms with Crippen LogP contribution in [0.15, 0.2) is 0 Å². The Morgan fingerprint density at radius 1 is 1.25 bits per heavy atom. The SMILES string of the molecule is CC(=O)NC(C(=O)NCC(C)CC(C)O)C1CCCC1. The van der Waals surface area contributed by atoms with Gasteiger partial charge in [0.05, 0.1) is 6.10 Å². The van der Waals surface area contributed by atoms with E-state index in [1.165, 1.54) is 6.92 Å². The minimum absolute atomic E-state index is 0.0930. The molecule has 1 rings (SSSR count). The van der Waals surface area contributed by atoms with Crippen LogP contribution in [0.5, 0.6) is 0 Å². The van der Waals surface area contributed by atoms with Crippen LogP contribution in [-0.4, -0.2) is 35.6 Å². The van der Waals surface area contributed by atoms with Crippen LogP contribution in [0, 0.1) is 11.8 Å². The van der Waals surface area contributed by atoms with E-state index in [4.69, 9.17) is 0 Å². The number of carbonyl (C=O) groups excluding carboxylic acids is 2. The van der Waals surface area contributed by atoms with Crippen molar-refractivity contribution in [3.05, 3.63) is 0 Å². The summed E-state index contributed by atoms with van der Waals surface area (Å²) in [6.07, 6.45) is 4.57. The monoisotopic (exact) mass is 284 g/mol. The molecule has 3 atom stereocenters. The summed E-state index contributed by atoms with van der Waals surface area (Å²) >= 11 is 0. The molecule has 20 heavy (non-hydrogen) atoms. The molecule has 0 saturated heterocycles. The Labute approximate surface area is 121 Å². The van der Waals surface area contributed by atoms with Gasteiger partial charge in [-0.15, -0.1) is 0 Å². The van der Waals surface area contributed by atoms with Crippen molar-refractivity contribution in [3.8, 4) is 0 Å². The van der Waals surface area contributed by atoms with Crippen molar-refractivity contribution < 1.29 is 14.7 Å². The topological polar surface area (TPSA) is 78.4 Å². The van der Waals surface area contributed by atoms with Crippen LogP contribution in [0.4, 0.5) is 0 Å². The molecule has 3 N–H and O–H groups in total. The van der Waals surface area contributed by atoms with Crippen LogP contribution in [0.3, 0.4) is 0 Å². The van der Waals surface area contributed by atoms with Crippen molar-refractivity contribution in [2.75, 3.05) is 6.54 Å². The van der Waals surface area contributed by atoms with E-state index < -0.39 is 6.04 Å². The van der Waals surface area contributed by atoms with Crippen LogP contribution in [-0.2, 0) is 9.59 Å². The number of amides is 2. The zero-order valence-corrected chi connectivity index (χ0v) is 12.8. The summed E-state index contributed by atoms with van der Waals surface area (Å²) in [5, 5.41) is 15.0. The molecule has 0 bridgehead atoms. The van der Waals surface area contributed by atoms with Crippen LogP contribution < -0.4 is 10.6 Å². The zero-order valence-electron chi connectivity index (χ0n) is 12.8. The Morgan fingerprint density at radius 3 is 2.35 bits per heavy atom. The number of hydrogen-bond acceptors (Lipinski definition) is 3. The van der Waals surface area contributed by atoms with Crippen molar-refractivity contribution in [1.29, 1.82) is 0 Å². The molecule has 1 fully saturated rings. The van der Waals surface area contributed by atoms with E-state index in [0.29, 0.717) is 13.0 Å². The quantitative estimate of drug-likeness (QED) is 0.657. The van der Waals surface area contributed by atoms with Gasteiger partial charge in [-0.1, -0.05) is 19.8 Å². The summed E-state index contributed by atoms with van der Waals surface area (Å²) in [6, 6.07) is -0.409. The highest BCUT2D eigenvalue weighted by molar-refractivity contribution is 5.87. The van der Waals surface area contributed by atoms with E-state index in [2.05, 4.69) is 10.6 Å². The lowest BCUT2D eigenvalue weighted by molar-refractivity contribution is -0.129. The molecular weight excluding hydrogens is 256 g/mol. The maximum atomic E-state index is 12.3. The Balaban J connectivity index is 2.48. The van der Waals surface area contributed by atoms with Gasteiger partial charge in [-0.25, -0.2) is 0 Å². The van der Waals surface area contributed by atoms with Gasteiger partial charge in [0.15, 0.2) is 0 Å². The predicted molar refractivity (Wildman–Crippen MR) is 78.0 cm³/mol. The molecule has 116 valence electrons. The molecule has 1 saturated carbocycles. The third-order valence-corrected chi connectivity index (χ3v) is 3.88. The van der Waals surface area contributed by atoms with Gasteiger partial charge in [-0.05, 0) is 38.0 Å². The van der Waals surface area contributed by atoms with E-state index >= 15 is 0 Å². The third-order valence-electron chi connectivity index (χ3n) is 3.88. The van der Waals surface area contributed by atoms with Crippen molar-refractivity contribution in [1.82, 2.24) is 10.6 Å². The first-order valence-electron chi connectivity index (χ1n) is 7.63. The summed E-state index contributed by atoms with van der Waals surface area (Å²) in [6.45, 7) is 5.73. The average molecular weight is 284 g/mol. The Hall–Kier alpha value is -1.10. The molecular formula is C15H28N2O3. The van der Waals surface area contributed by atoms with E-state index in [9.17, 15) is 14.7 Å². The summed E-state index contributed by atoms with van der Waals surface area (Å²) in [5.41, 5.74) is 0. The first-order valence-corrected chi connectivity index (χ1v) is 7.63. The molecule has 2 amide bonds. The lowest BCUT2D eigenvalue weighted by Gasteiger charge is -2.24. The molecule has 0 spiro atoms. The number of rotatable bonds is 7. The van der Waals surface area contributed by atoms with Crippen LogP contribution in [0.1, 0.15) is 52.9 Å². The average Bonchev–Trinajstić information content (AvgIpc) is 2.85. The smallest absolute Gasteiger partial charge is 0.242 e. The third kappa shape index (κ3) is 5.90. The maximum Gasteiger partial charge on any atom is 0.242 e. The molecule has 5 heteroatoms. The fraction of sp³-hybridized carbons (Fsp3) is 0.867. The summed E-state index contributed by atoms with van der Waals surface area (Å²) in [5.74, 6) is 0.227. The lowest BCUT2D eigenvalue weighted by atomic mass is 9.96. The maximum absolute atomic E-state index is 12.3.